The molecule has 1 unspecified atom stereocenters. The van der Waals surface area contributed by atoms with Crippen molar-refractivity contribution in [3.8, 4) is 11.8 Å². The third-order valence-electron chi connectivity index (χ3n) is 14.5. The number of likely N-dealkylation sites (tertiary alicyclic amines) is 1. The van der Waals surface area contributed by atoms with Crippen LogP contribution in [0, 0.1) is 17.8 Å². The normalized spacial score (nSPS) is 21.1. The van der Waals surface area contributed by atoms with Crippen molar-refractivity contribution in [3.63, 3.8) is 0 Å². The number of imide groups is 1. The smallest absolute Gasteiger partial charge is 0.371 e. The second kappa shape index (κ2) is 19.2. The van der Waals surface area contributed by atoms with Crippen molar-refractivity contribution in [1.82, 2.24) is 29.7 Å². The molecule has 5 aromatic rings. The molecule has 5 amide bonds. The number of benzene rings is 2. The topological polar surface area (TPSA) is 216 Å². The highest BCUT2D eigenvalue weighted by molar-refractivity contribution is 7.51. The Kier molecular flexibility index (Phi) is 13.1. The molecular weight excluding hydrogens is 955 g/mol. The molecule has 4 saturated heterocycles. The van der Waals surface area contributed by atoms with E-state index in [0.29, 0.717) is 58.7 Å². The summed E-state index contributed by atoms with van der Waals surface area (Å²) < 4.78 is 31.3. The predicted octanol–water partition coefficient (Wildman–Crippen LogP) is 5.02. The number of aryl methyl sites for hydroxylation is 1. The number of rotatable bonds is 10. The summed E-state index contributed by atoms with van der Waals surface area (Å²) in [5, 5.41) is 5.70. The number of aromatic nitrogens is 3. The van der Waals surface area contributed by atoms with Gasteiger partial charge in [-0.15, -0.1) is 11.3 Å². The fourth-order valence-corrected chi connectivity index (χ4v) is 15.1. The summed E-state index contributed by atoms with van der Waals surface area (Å²) in [6.45, 7) is 2.81. The molecule has 0 spiro atoms. The number of nitrogens with one attached hydrogen (secondary N) is 2. The number of carbonyl (C=O) groups excluding carboxylic acids is 5. The Hall–Kier alpha value is -6.10. The van der Waals surface area contributed by atoms with Crippen LogP contribution in [-0.2, 0) is 30.8 Å². The number of amides is 5. The second-order valence-corrected chi connectivity index (χ2v) is 24.2. The lowest BCUT2D eigenvalue weighted by molar-refractivity contribution is -0.324. The third kappa shape index (κ3) is 9.21. The Morgan fingerprint density at radius 2 is 1.81 bits per heavy atom. The van der Waals surface area contributed by atoms with Crippen molar-refractivity contribution < 1.29 is 47.0 Å². The van der Waals surface area contributed by atoms with Gasteiger partial charge in [0, 0.05) is 104 Å². The molecule has 10 rings (SSSR count). The largest absolute Gasteiger partial charge is 0.427 e. The van der Waals surface area contributed by atoms with Gasteiger partial charge in [0.1, 0.15) is 6.04 Å². The summed E-state index contributed by atoms with van der Waals surface area (Å²) in [5.41, 5.74) is 4.34. The maximum absolute atomic E-state index is 14.4. The van der Waals surface area contributed by atoms with Crippen molar-refractivity contribution in [1.29, 1.82) is 0 Å². The fraction of sp³-hybridized carbons (Fsp3) is 0.429. The van der Waals surface area contributed by atoms with Crippen LogP contribution >= 0.6 is 18.9 Å². The molecule has 0 aliphatic carbocycles. The average molecular weight is 1010 g/mol. The zero-order valence-corrected chi connectivity index (χ0v) is 41.1. The van der Waals surface area contributed by atoms with E-state index in [1.165, 1.54) is 33.4 Å². The number of hydrogen-bond acceptors (Lipinski definition) is 10. The van der Waals surface area contributed by atoms with Crippen LogP contribution in [0.2, 0.25) is 12.1 Å². The minimum absolute atomic E-state index is 0.0990. The molecule has 2 aromatic carbocycles. The molecule has 3 aromatic heterocycles. The zero-order valence-electron chi connectivity index (χ0n) is 38.4. The number of nitrogens with zero attached hydrogens (tertiary/aromatic N) is 6. The number of pyridine rings is 1. The van der Waals surface area contributed by atoms with Gasteiger partial charge >= 0.3 is 34.1 Å². The monoisotopic (exact) mass is 1010 g/mol. The van der Waals surface area contributed by atoms with Crippen LogP contribution in [0.25, 0.3) is 21.1 Å². The highest BCUT2D eigenvalue weighted by Crippen LogP contribution is 2.53. The summed E-state index contributed by atoms with van der Waals surface area (Å²) in [5.74, 6) is 3.06. The van der Waals surface area contributed by atoms with Gasteiger partial charge in [-0.05, 0) is 97.9 Å². The van der Waals surface area contributed by atoms with Gasteiger partial charge in [-0.2, -0.15) is 0 Å². The Morgan fingerprint density at radius 3 is 2.59 bits per heavy atom. The van der Waals surface area contributed by atoms with Gasteiger partial charge in [0.15, 0.2) is 6.04 Å². The number of fused-ring (bicyclic) bond motifs is 3. The number of imidazole rings is 1. The van der Waals surface area contributed by atoms with Crippen LogP contribution in [-0.4, -0.2) is 109 Å². The van der Waals surface area contributed by atoms with Crippen LogP contribution in [0.15, 0.2) is 65.7 Å². The van der Waals surface area contributed by atoms with E-state index >= 15 is 0 Å². The van der Waals surface area contributed by atoms with Crippen molar-refractivity contribution in [3.05, 3.63) is 93.0 Å². The molecule has 17 nitrogen and oxygen atoms in total. The molecule has 4 N–H and O–H groups in total. The molecular formula is C49H52FN8O9PSSi+. The van der Waals surface area contributed by atoms with Gasteiger partial charge in [-0.25, -0.2) is 18.2 Å². The lowest BCUT2D eigenvalue weighted by Crippen LogP contribution is -2.54. The molecule has 3 atom stereocenters. The molecule has 4 fully saturated rings. The van der Waals surface area contributed by atoms with Crippen LogP contribution in [0.4, 0.5) is 10.1 Å². The van der Waals surface area contributed by atoms with Crippen molar-refractivity contribution in [2.24, 2.45) is 13.0 Å². The summed E-state index contributed by atoms with van der Waals surface area (Å²) >= 11 is 1.14. The highest BCUT2D eigenvalue weighted by atomic mass is 32.1. The molecule has 21 heteroatoms. The first-order chi connectivity index (χ1) is 33.6. The van der Waals surface area contributed by atoms with Crippen molar-refractivity contribution in [2.45, 2.75) is 93.8 Å². The number of piperidine rings is 2. The molecule has 5 aliphatic rings. The summed E-state index contributed by atoms with van der Waals surface area (Å²) in [7, 11) is -4.69. The molecule has 0 bridgehead atoms. The minimum Gasteiger partial charge on any atom is -0.371 e. The van der Waals surface area contributed by atoms with E-state index in [1.807, 2.05) is 35.5 Å². The summed E-state index contributed by atoms with van der Waals surface area (Å²) in [4.78, 5) is 107. The number of carbonyl (C=O) groups is 5. The highest BCUT2D eigenvalue weighted by Gasteiger charge is 2.51. The van der Waals surface area contributed by atoms with Crippen LogP contribution in [0.3, 0.4) is 0 Å². The van der Waals surface area contributed by atoms with E-state index in [4.69, 9.17) is 0 Å². The second-order valence-electron chi connectivity index (χ2n) is 18.9. The minimum atomic E-state index is -5.01. The van der Waals surface area contributed by atoms with Crippen molar-refractivity contribution >= 4 is 89.9 Å². The van der Waals surface area contributed by atoms with E-state index in [0.717, 1.165) is 85.4 Å². The lowest BCUT2D eigenvalue weighted by Gasteiger charge is -2.41. The number of anilines is 1. The van der Waals surface area contributed by atoms with E-state index in [1.54, 1.807) is 11.3 Å². The van der Waals surface area contributed by atoms with Gasteiger partial charge in [0.05, 0.1) is 15.9 Å². The predicted molar refractivity (Wildman–Crippen MR) is 262 cm³/mol. The van der Waals surface area contributed by atoms with Crippen LogP contribution in [0.1, 0.15) is 102 Å². The first-order valence-corrected chi connectivity index (χ1v) is 28.1. The van der Waals surface area contributed by atoms with E-state index in [2.05, 4.69) is 38.4 Å². The van der Waals surface area contributed by atoms with Gasteiger partial charge in [-0.3, -0.25) is 43.2 Å². The summed E-state index contributed by atoms with van der Waals surface area (Å²) in [6.07, 6.45) is 9.60. The number of hydrogen-bond donors (Lipinski definition) is 4. The molecule has 70 heavy (non-hydrogen) atoms. The first kappa shape index (κ1) is 47.6. The zero-order chi connectivity index (χ0) is 49.0. The fourth-order valence-electron chi connectivity index (χ4n) is 10.7. The Labute approximate surface area is 407 Å². The Bertz CT molecular complexity index is 3190. The average Bonchev–Trinajstić information content (AvgIpc) is 4.00. The van der Waals surface area contributed by atoms with Crippen LogP contribution < -0.4 is 21.2 Å². The Balaban J connectivity index is 0.732. The molecule has 8 heterocycles. The molecule has 363 valence electrons. The SMILES string of the molecule is Cn1c(=O)n(C2CCC(=O)NC2=O)c2ccc(C#CCCC3CCN(c4ccncc4C4CN(C(=O)C5=[N+]6C(=O)[C@@H](NC(=O)c7cc8cc([C@H](F)P(=O)(O)O)ccc8s7)CCC[Si]6CC5)C4)CC3)cc21. The van der Waals surface area contributed by atoms with E-state index < -0.39 is 46.4 Å². The number of thiophene rings is 1. The summed E-state index contributed by atoms with van der Waals surface area (Å²) in [6, 6.07) is 13.3. The van der Waals surface area contributed by atoms with Gasteiger partial charge in [-0.1, -0.05) is 17.9 Å². The molecule has 0 saturated carbocycles. The van der Waals surface area contributed by atoms with Crippen LogP contribution in [0.5, 0.6) is 0 Å². The van der Waals surface area contributed by atoms with Crippen molar-refractivity contribution in [2.75, 3.05) is 31.1 Å². The Morgan fingerprint density at radius 1 is 1.01 bits per heavy atom. The number of alkyl halides is 1. The third-order valence-corrected chi connectivity index (χ3v) is 19.4. The molecule has 5 aliphatic heterocycles. The van der Waals surface area contributed by atoms with Gasteiger partial charge in [0.25, 0.3) is 5.91 Å². The van der Waals surface area contributed by atoms with E-state index in [9.17, 15) is 47.5 Å². The first-order valence-electron chi connectivity index (χ1n) is 23.7. The van der Waals surface area contributed by atoms with E-state index in [-0.39, 0.29) is 52.6 Å². The maximum Gasteiger partial charge on any atom is 0.427 e. The standard InChI is InChI=1S/C49H52FN8O9PSSi/c1-54-40-23-30(8-10-37(40)57(49(54)64)38-11-13-43(59)53-45(38)60)6-3-2-5-29-15-19-55(20-16-29)36-14-18-51-26-34(36)33-27-56(28-33)48(63)39-17-22-70-21-4-7-35(47(62)58(39)70)52-46(61)42-25-32-24-31(9-12-41(32)69-42)44(50)68(65,66)67/h8-10,12,14,18,23-26,29,33,35,38,44H,2,4-5,7,11,13,15-17,19-22,27-28H2,1H3,(H,52,61)(H,53,59,60)(H2,65,66,67)/q+1/t35-,38?,44+/m0/s1. The van der Waals surface area contributed by atoms with Gasteiger partial charge in [0.2, 0.25) is 23.4 Å². The lowest BCUT2D eigenvalue weighted by atomic mass is 9.88. The number of halogens is 1. The quantitative estimate of drug-likeness (QED) is 0.0631. The maximum atomic E-state index is 14.4. The molecule has 1 radical (unpaired) electrons. The van der Waals surface area contributed by atoms with Gasteiger partial charge < -0.3 is 24.9 Å².